The van der Waals surface area contributed by atoms with Crippen LogP contribution in [-0.2, 0) is 9.84 Å². The van der Waals surface area contributed by atoms with Crippen LogP contribution in [-0.4, -0.2) is 41.8 Å². The molecule has 0 radical (unpaired) electrons. The Morgan fingerprint density at radius 3 is 2.08 bits per heavy atom. The molecule has 0 aliphatic carbocycles. The zero-order valence-corrected chi connectivity index (χ0v) is 7.56. The summed E-state index contributed by atoms with van der Waals surface area (Å²) in [6, 6.07) is 0. The summed E-state index contributed by atoms with van der Waals surface area (Å²) in [7, 11) is -5.12. The predicted molar refractivity (Wildman–Crippen MR) is 45.0 cm³/mol. The van der Waals surface area contributed by atoms with E-state index in [4.69, 9.17) is 10.0 Å². The van der Waals surface area contributed by atoms with Crippen molar-refractivity contribution in [1.82, 2.24) is 9.97 Å². The fourth-order valence-corrected chi connectivity index (χ4v) is 1.14. The van der Waals surface area contributed by atoms with E-state index in [0.29, 0.717) is 0 Å². The largest absolute Gasteiger partial charge is 0.491 e. The van der Waals surface area contributed by atoms with E-state index in [1.54, 1.807) is 0 Å². The average molecular weight is 202 g/mol. The first-order valence-corrected chi connectivity index (χ1v) is 5.18. The lowest BCUT2D eigenvalue weighted by atomic mass is 9.83. The highest BCUT2D eigenvalue weighted by Crippen LogP contribution is 1.96. The third-order valence-corrected chi connectivity index (χ3v) is 2.15. The van der Waals surface area contributed by atoms with Gasteiger partial charge in [-0.3, -0.25) is 0 Å². The Morgan fingerprint density at radius 2 is 1.77 bits per heavy atom. The van der Waals surface area contributed by atoms with Crippen molar-refractivity contribution in [3.63, 3.8) is 0 Å². The minimum atomic E-state index is -3.43. The molecule has 2 N–H and O–H groups in total. The van der Waals surface area contributed by atoms with Gasteiger partial charge < -0.3 is 10.0 Å². The summed E-state index contributed by atoms with van der Waals surface area (Å²) in [4.78, 5) is 6.90. The monoisotopic (exact) mass is 202 g/mol. The van der Waals surface area contributed by atoms with Crippen molar-refractivity contribution in [2.24, 2.45) is 0 Å². The molecule has 70 valence electrons. The fourth-order valence-electron chi connectivity index (χ4n) is 0.651. The summed E-state index contributed by atoms with van der Waals surface area (Å²) in [5.74, 6) is 0. The van der Waals surface area contributed by atoms with Gasteiger partial charge in [0.1, 0.15) is 0 Å². The molecule has 0 unspecified atom stereocenters. The minimum absolute atomic E-state index is 0.0485. The molecular weight excluding hydrogens is 195 g/mol. The maximum absolute atomic E-state index is 10.9. The molecule has 1 aromatic rings. The maximum atomic E-state index is 10.9. The number of hydrogen-bond acceptors (Lipinski definition) is 6. The van der Waals surface area contributed by atoms with Crippen LogP contribution >= 0.6 is 0 Å². The summed E-state index contributed by atoms with van der Waals surface area (Å²) in [5, 5.41) is 17.0. The van der Waals surface area contributed by atoms with E-state index in [2.05, 4.69) is 9.97 Å². The number of hydrogen-bond donors (Lipinski definition) is 2. The van der Waals surface area contributed by atoms with Gasteiger partial charge in [0.15, 0.2) is 0 Å². The van der Waals surface area contributed by atoms with Crippen molar-refractivity contribution >= 4 is 22.4 Å². The van der Waals surface area contributed by atoms with Crippen LogP contribution in [0.1, 0.15) is 0 Å². The van der Waals surface area contributed by atoms with Gasteiger partial charge in [-0.25, -0.2) is 18.4 Å². The van der Waals surface area contributed by atoms with Crippen molar-refractivity contribution in [3.05, 3.63) is 12.4 Å². The predicted octanol–water partition coefficient (Wildman–Crippen LogP) is -2.44. The van der Waals surface area contributed by atoms with Crippen molar-refractivity contribution in [3.8, 4) is 0 Å². The zero-order chi connectivity index (χ0) is 10.1. The molecule has 0 aromatic carbocycles. The van der Waals surface area contributed by atoms with E-state index in [9.17, 15) is 8.42 Å². The lowest BCUT2D eigenvalue weighted by Crippen LogP contribution is -2.31. The normalized spacial score (nSPS) is 11.3. The Hall–Kier alpha value is -0.985. The van der Waals surface area contributed by atoms with Gasteiger partial charge >= 0.3 is 7.12 Å². The Balaban J connectivity index is 3.08. The fraction of sp³-hybridized carbons (Fsp3) is 0.200. The molecule has 1 rings (SSSR count). The van der Waals surface area contributed by atoms with Crippen LogP contribution in [0.15, 0.2) is 17.6 Å². The molecular formula is C5H7BN2O4S. The molecule has 8 heteroatoms. The van der Waals surface area contributed by atoms with E-state index < -0.39 is 17.0 Å². The summed E-state index contributed by atoms with van der Waals surface area (Å²) < 4.78 is 21.7. The SMILES string of the molecule is CS(=O)(=O)c1ncc(B(O)O)cn1. The lowest BCUT2D eigenvalue weighted by molar-refractivity contribution is 0.425. The topological polar surface area (TPSA) is 100 Å². The first kappa shape index (κ1) is 10.1. The lowest BCUT2D eigenvalue weighted by Gasteiger charge is -1.98. The van der Waals surface area contributed by atoms with Crippen LogP contribution in [0.3, 0.4) is 0 Å². The molecule has 0 bridgehead atoms. The molecule has 1 heterocycles. The number of nitrogens with zero attached hydrogens (tertiary/aromatic N) is 2. The molecule has 0 atom stereocenters. The molecule has 0 fully saturated rings. The molecule has 0 aliphatic rings. The number of sulfone groups is 1. The Bertz CT molecular complexity index is 388. The van der Waals surface area contributed by atoms with Gasteiger partial charge in [0.25, 0.3) is 0 Å². The summed E-state index contributed by atoms with van der Waals surface area (Å²) >= 11 is 0. The molecule has 13 heavy (non-hydrogen) atoms. The second-order valence-corrected chi connectivity index (χ2v) is 4.35. The van der Waals surface area contributed by atoms with Crippen LogP contribution in [0.4, 0.5) is 0 Å². The van der Waals surface area contributed by atoms with E-state index in [-0.39, 0.29) is 10.6 Å². The molecule has 0 saturated carbocycles. The van der Waals surface area contributed by atoms with Gasteiger partial charge in [0.05, 0.1) is 0 Å². The van der Waals surface area contributed by atoms with Crippen LogP contribution < -0.4 is 5.46 Å². The smallest absolute Gasteiger partial charge is 0.423 e. The third-order valence-electron chi connectivity index (χ3n) is 1.28. The third kappa shape index (κ3) is 2.48. The summed E-state index contributed by atoms with van der Waals surface area (Å²) in [6.07, 6.45) is 3.07. The van der Waals surface area contributed by atoms with Gasteiger partial charge in [-0.2, -0.15) is 0 Å². The molecule has 0 spiro atoms. The highest BCUT2D eigenvalue weighted by molar-refractivity contribution is 7.90. The Labute approximate surface area is 75.3 Å². The maximum Gasteiger partial charge on any atom is 0.491 e. The van der Waals surface area contributed by atoms with Crippen molar-refractivity contribution in [2.45, 2.75) is 5.16 Å². The second kappa shape index (κ2) is 3.40. The van der Waals surface area contributed by atoms with Crippen molar-refractivity contribution < 1.29 is 18.5 Å². The van der Waals surface area contributed by atoms with E-state index in [1.807, 2.05) is 0 Å². The molecule has 0 aliphatic heterocycles. The summed E-state index contributed by atoms with van der Waals surface area (Å²) in [6.45, 7) is 0. The highest BCUT2D eigenvalue weighted by atomic mass is 32.2. The molecule has 1 aromatic heterocycles. The van der Waals surface area contributed by atoms with Gasteiger partial charge in [-0.05, 0) is 0 Å². The second-order valence-electron chi connectivity index (χ2n) is 2.44. The number of aromatic nitrogens is 2. The van der Waals surface area contributed by atoms with Crippen LogP contribution in [0, 0.1) is 0 Å². The van der Waals surface area contributed by atoms with E-state index >= 15 is 0 Å². The standard InChI is InChI=1S/C5H7BN2O4S/c1-13(11,12)5-7-2-4(3-8-5)6(9)10/h2-3,9-10H,1H3. The Kier molecular flexibility index (Phi) is 2.64. The van der Waals surface area contributed by atoms with Crippen molar-refractivity contribution in [2.75, 3.05) is 6.26 Å². The van der Waals surface area contributed by atoms with Crippen LogP contribution in [0.2, 0.25) is 0 Å². The average Bonchev–Trinajstić information content (AvgIpc) is 2.03. The van der Waals surface area contributed by atoms with E-state index in [0.717, 1.165) is 18.6 Å². The van der Waals surface area contributed by atoms with Crippen LogP contribution in [0.5, 0.6) is 0 Å². The first-order chi connectivity index (χ1) is 5.91. The van der Waals surface area contributed by atoms with Gasteiger partial charge in [-0.1, -0.05) is 0 Å². The van der Waals surface area contributed by atoms with Gasteiger partial charge in [0, 0.05) is 24.1 Å². The summed E-state index contributed by atoms with van der Waals surface area (Å²) in [5.41, 5.74) is 0.0485. The van der Waals surface area contributed by atoms with Gasteiger partial charge in [-0.15, -0.1) is 0 Å². The van der Waals surface area contributed by atoms with Crippen LogP contribution in [0.25, 0.3) is 0 Å². The highest BCUT2D eigenvalue weighted by Gasteiger charge is 2.15. The first-order valence-electron chi connectivity index (χ1n) is 3.29. The Morgan fingerprint density at radius 1 is 1.31 bits per heavy atom. The molecule has 0 amide bonds. The quantitative estimate of drug-likeness (QED) is 0.408. The molecule has 0 saturated heterocycles. The number of rotatable bonds is 2. The van der Waals surface area contributed by atoms with Gasteiger partial charge in [0.2, 0.25) is 15.0 Å². The molecule has 6 nitrogen and oxygen atoms in total. The van der Waals surface area contributed by atoms with Crippen molar-refractivity contribution in [1.29, 1.82) is 0 Å². The zero-order valence-electron chi connectivity index (χ0n) is 6.75. The minimum Gasteiger partial charge on any atom is -0.423 e. The van der Waals surface area contributed by atoms with E-state index in [1.165, 1.54) is 0 Å².